The van der Waals surface area contributed by atoms with Gasteiger partial charge in [-0.25, -0.2) is 9.48 Å². The molecule has 1 aliphatic rings. The van der Waals surface area contributed by atoms with E-state index in [2.05, 4.69) is 10.4 Å². The minimum Gasteiger partial charge on any atom is -0.497 e. The third-order valence-corrected chi connectivity index (χ3v) is 4.32. The van der Waals surface area contributed by atoms with Gasteiger partial charge in [-0.1, -0.05) is 6.07 Å². The molecule has 2 heterocycles. The van der Waals surface area contributed by atoms with Crippen molar-refractivity contribution in [2.45, 2.75) is 26.4 Å². The van der Waals surface area contributed by atoms with Gasteiger partial charge in [0.25, 0.3) is 5.56 Å². The Hall–Kier alpha value is -3.36. The van der Waals surface area contributed by atoms with Crippen LogP contribution in [0.25, 0.3) is 0 Å². The highest BCUT2D eigenvalue weighted by Crippen LogP contribution is 2.17. The molecule has 0 fully saturated rings. The number of hydrogen-bond donors (Lipinski definition) is 1. The summed E-state index contributed by atoms with van der Waals surface area (Å²) in [4.78, 5) is 38.0. The van der Waals surface area contributed by atoms with Crippen molar-refractivity contribution >= 4 is 17.7 Å². The quantitative estimate of drug-likeness (QED) is 0.833. The first-order chi connectivity index (χ1) is 13.5. The molecule has 1 N–H and O–H groups in total. The Morgan fingerprint density at radius 3 is 2.86 bits per heavy atom. The van der Waals surface area contributed by atoms with E-state index >= 15 is 0 Å². The number of methoxy groups -OCH3 is 1. The van der Waals surface area contributed by atoms with Gasteiger partial charge >= 0.3 is 6.09 Å². The maximum Gasteiger partial charge on any atom is 0.410 e. The molecule has 9 heteroatoms. The topological polar surface area (TPSA) is 103 Å². The molecular weight excluding hydrogens is 364 g/mol. The molecule has 148 valence electrons. The van der Waals surface area contributed by atoms with E-state index in [1.54, 1.807) is 38.3 Å². The Kier molecular flexibility index (Phi) is 5.93. The minimum atomic E-state index is -0.407. The van der Waals surface area contributed by atoms with Crippen LogP contribution in [0.5, 0.6) is 5.75 Å². The number of benzene rings is 1. The number of nitrogens with zero attached hydrogens (tertiary/aromatic N) is 3. The van der Waals surface area contributed by atoms with Crippen LogP contribution in [-0.2, 0) is 29.0 Å². The van der Waals surface area contributed by atoms with Gasteiger partial charge in [0.05, 0.1) is 26.0 Å². The fraction of sp³-hybridized carbons (Fsp3) is 0.368. The first kappa shape index (κ1) is 19.4. The molecule has 0 unspecified atom stereocenters. The van der Waals surface area contributed by atoms with Gasteiger partial charge in [-0.3, -0.25) is 9.59 Å². The lowest BCUT2D eigenvalue weighted by atomic mass is 10.1. The molecule has 0 spiro atoms. The number of amides is 2. The lowest BCUT2D eigenvalue weighted by Gasteiger charge is -2.27. The van der Waals surface area contributed by atoms with Gasteiger partial charge in [-0.15, -0.1) is 0 Å². The number of ether oxygens (including phenoxy) is 2. The Labute approximate surface area is 161 Å². The smallest absolute Gasteiger partial charge is 0.410 e. The lowest BCUT2D eigenvalue weighted by Crippen LogP contribution is -2.39. The third kappa shape index (κ3) is 4.48. The van der Waals surface area contributed by atoms with Crippen molar-refractivity contribution in [3.8, 4) is 5.75 Å². The van der Waals surface area contributed by atoms with Crippen LogP contribution in [0.4, 0.5) is 10.5 Å². The van der Waals surface area contributed by atoms with Crippen LogP contribution in [0, 0.1) is 0 Å². The average Bonchev–Trinajstić information content (AvgIpc) is 2.68. The Balaban J connectivity index is 1.70. The highest BCUT2D eigenvalue weighted by molar-refractivity contribution is 5.90. The molecule has 9 nitrogen and oxygen atoms in total. The molecule has 28 heavy (non-hydrogen) atoms. The van der Waals surface area contributed by atoms with Crippen molar-refractivity contribution in [2.24, 2.45) is 0 Å². The monoisotopic (exact) mass is 386 g/mol. The molecule has 0 bridgehead atoms. The second-order valence-electron chi connectivity index (χ2n) is 6.26. The predicted octanol–water partition coefficient (Wildman–Crippen LogP) is 1.41. The van der Waals surface area contributed by atoms with E-state index in [0.717, 1.165) is 4.68 Å². The fourth-order valence-electron chi connectivity index (χ4n) is 2.96. The van der Waals surface area contributed by atoms with Crippen molar-refractivity contribution in [3.05, 3.63) is 51.9 Å². The van der Waals surface area contributed by atoms with Gasteiger partial charge in [0.1, 0.15) is 12.3 Å². The summed E-state index contributed by atoms with van der Waals surface area (Å²) in [7, 11) is 1.54. The van der Waals surface area contributed by atoms with E-state index in [-0.39, 0.29) is 19.0 Å². The molecule has 2 aromatic rings. The summed E-state index contributed by atoms with van der Waals surface area (Å²) in [5.41, 5.74) is 1.55. The van der Waals surface area contributed by atoms with Gasteiger partial charge in [-0.2, -0.15) is 5.10 Å². The zero-order valence-electron chi connectivity index (χ0n) is 15.8. The number of anilines is 1. The average molecular weight is 386 g/mol. The molecule has 1 aliphatic heterocycles. The van der Waals surface area contributed by atoms with E-state index in [4.69, 9.17) is 9.47 Å². The zero-order chi connectivity index (χ0) is 20.1. The molecule has 1 aromatic carbocycles. The molecule has 0 atom stereocenters. The summed E-state index contributed by atoms with van der Waals surface area (Å²) in [5, 5.41) is 7.03. The number of carbonyl (C=O) groups is 2. The number of aromatic nitrogens is 2. The highest BCUT2D eigenvalue weighted by Gasteiger charge is 2.24. The third-order valence-electron chi connectivity index (χ3n) is 4.32. The van der Waals surface area contributed by atoms with Gasteiger partial charge in [0.2, 0.25) is 5.91 Å². The van der Waals surface area contributed by atoms with Gasteiger partial charge < -0.3 is 19.7 Å². The maximum absolute atomic E-state index is 12.3. The van der Waals surface area contributed by atoms with Crippen LogP contribution in [-0.4, -0.2) is 46.9 Å². The molecule has 3 rings (SSSR count). The number of carbonyl (C=O) groups excluding carboxylic acids is 2. The van der Waals surface area contributed by atoms with E-state index in [1.807, 2.05) is 0 Å². The summed E-state index contributed by atoms with van der Waals surface area (Å²) >= 11 is 0. The summed E-state index contributed by atoms with van der Waals surface area (Å²) in [6, 6.07) is 8.36. The first-order valence-electron chi connectivity index (χ1n) is 8.95. The summed E-state index contributed by atoms with van der Waals surface area (Å²) in [6.07, 6.45) is 0.0846. The SMILES string of the molecule is CCOC(=O)N1CCc2nn(CC(=O)Nc3cccc(OC)c3)c(=O)cc2C1. The second kappa shape index (κ2) is 8.55. The lowest BCUT2D eigenvalue weighted by molar-refractivity contribution is -0.117. The summed E-state index contributed by atoms with van der Waals surface area (Å²) in [5.74, 6) is 0.250. The standard InChI is InChI=1S/C19H22N4O5/c1-3-28-19(26)22-8-7-16-13(11-22)9-18(25)23(21-16)12-17(24)20-14-5-4-6-15(10-14)27-2/h4-6,9-10H,3,7-8,11-12H2,1-2H3,(H,20,24). The van der Waals surface area contributed by atoms with Crippen molar-refractivity contribution < 1.29 is 19.1 Å². The van der Waals surface area contributed by atoms with Crippen molar-refractivity contribution in [1.82, 2.24) is 14.7 Å². The van der Waals surface area contributed by atoms with Crippen LogP contribution in [0.3, 0.4) is 0 Å². The Bertz CT molecular complexity index is 940. The van der Waals surface area contributed by atoms with Crippen LogP contribution in [0.2, 0.25) is 0 Å². The summed E-state index contributed by atoms with van der Waals surface area (Å²) < 4.78 is 11.3. The van der Waals surface area contributed by atoms with Gasteiger partial charge in [0.15, 0.2) is 0 Å². The van der Waals surface area contributed by atoms with E-state index in [0.29, 0.717) is 42.3 Å². The second-order valence-corrected chi connectivity index (χ2v) is 6.26. The molecule has 0 saturated carbocycles. The molecule has 0 aliphatic carbocycles. The van der Waals surface area contributed by atoms with E-state index < -0.39 is 11.7 Å². The van der Waals surface area contributed by atoms with Crippen molar-refractivity contribution in [2.75, 3.05) is 25.6 Å². The number of rotatable bonds is 5. The number of hydrogen-bond acceptors (Lipinski definition) is 6. The zero-order valence-corrected chi connectivity index (χ0v) is 15.8. The van der Waals surface area contributed by atoms with E-state index in [1.165, 1.54) is 11.0 Å². The van der Waals surface area contributed by atoms with E-state index in [9.17, 15) is 14.4 Å². The molecule has 1 aromatic heterocycles. The normalized spacial score (nSPS) is 12.9. The number of fused-ring (bicyclic) bond motifs is 1. The highest BCUT2D eigenvalue weighted by atomic mass is 16.6. The molecule has 0 radical (unpaired) electrons. The minimum absolute atomic E-state index is 0.203. The van der Waals surface area contributed by atoms with Gasteiger partial charge in [0, 0.05) is 36.3 Å². The maximum atomic E-state index is 12.3. The van der Waals surface area contributed by atoms with Crippen molar-refractivity contribution in [1.29, 1.82) is 0 Å². The molecule has 2 amide bonds. The Morgan fingerprint density at radius 2 is 2.11 bits per heavy atom. The van der Waals surface area contributed by atoms with Crippen LogP contribution in [0.1, 0.15) is 18.2 Å². The summed E-state index contributed by atoms with van der Waals surface area (Å²) in [6.45, 7) is 2.56. The van der Waals surface area contributed by atoms with Crippen LogP contribution in [0.15, 0.2) is 35.1 Å². The predicted molar refractivity (Wildman–Crippen MR) is 101 cm³/mol. The molecular formula is C19H22N4O5. The Morgan fingerprint density at radius 1 is 1.29 bits per heavy atom. The first-order valence-corrected chi connectivity index (χ1v) is 8.95. The van der Waals surface area contributed by atoms with Crippen LogP contribution < -0.4 is 15.6 Å². The van der Waals surface area contributed by atoms with Crippen LogP contribution >= 0.6 is 0 Å². The fourth-order valence-corrected chi connectivity index (χ4v) is 2.96. The molecule has 0 saturated heterocycles. The number of nitrogens with one attached hydrogen (secondary N) is 1. The van der Waals surface area contributed by atoms with Gasteiger partial charge in [-0.05, 0) is 19.1 Å². The largest absolute Gasteiger partial charge is 0.497 e. The van der Waals surface area contributed by atoms with Crippen molar-refractivity contribution in [3.63, 3.8) is 0 Å².